The van der Waals surface area contributed by atoms with Gasteiger partial charge >= 0.3 is 11.9 Å². The molecule has 158 valence electrons. The zero-order valence-corrected chi connectivity index (χ0v) is 17.2. The van der Waals surface area contributed by atoms with Gasteiger partial charge in [-0.3, -0.25) is 9.59 Å². The molecule has 0 amide bonds. The molecule has 0 aliphatic rings. The molecule has 0 unspecified atom stereocenters. The Morgan fingerprint density at radius 3 is 1.89 bits per heavy atom. The second kappa shape index (κ2) is 16.1. The molecule has 0 aliphatic heterocycles. The Morgan fingerprint density at radius 2 is 1.29 bits per heavy atom. The molecule has 1 rings (SSSR count). The summed E-state index contributed by atoms with van der Waals surface area (Å²) in [6.07, 6.45) is 11.9. The van der Waals surface area contributed by atoms with Crippen molar-refractivity contribution < 1.29 is 23.5 Å². The van der Waals surface area contributed by atoms with E-state index >= 15 is 0 Å². The van der Waals surface area contributed by atoms with Crippen LogP contribution in [0.5, 0.6) is 0 Å². The molecular weight excluding hydrogens is 359 g/mol. The second-order valence-electron chi connectivity index (χ2n) is 7.19. The smallest absolute Gasteiger partial charge is 0.306 e. The summed E-state index contributed by atoms with van der Waals surface area (Å²) in [6, 6.07) is 5.80. The first-order valence-corrected chi connectivity index (χ1v) is 10.7. The summed E-state index contributed by atoms with van der Waals surface area (Å²) in [5.41, 5.74) is 0.732. The number of ether oxygens (including phenoxy) is 2. The van der Waals surface area contributed by atoms with E-state index in [1.54, 1.807) is 12.1 Å². The summed E-state index contributed by atoms with van der Waals surface area (Å²) in [5.74, 6) is -0.946. The van der Waals surface area contributed by atoms with Crippen LogP contribution < -0.4 is 0 Å². The van der Waals surface area contributed by atoms with Gasteiger partial charge < -0.3 is 9.47 Å². The first-order chi connectivity index (χ1) is 13.6. The van der Waals surface area contributed by atoms with Crippen LogP contribution in [-0.2, 0) is 25.7 Å². The van der Waals surface area contributed by atoms with Crippen molar-refractivity contribution >= 4 is 11.9 Å². The number of esters is 2. The third-order valence-corrected chi connectivity index (χ3v) is 4.59. The zero-order chi connectivity index (χ0) is 20.5. The Hall–Kier alpha value is -1.91. The summed E-state index contributed by atoms with van der Waals surface area (Å²) in [4.78, 5) is 23.3. The molecule has 1 aromatic carbocycles. The summed E-state index contributed by atoms with van der Waals surface area (Å²) in [5, 5.41) is 0. The highest BCUT2D eigenvalue weighted by Gasteiger charge is 2.08. The van der Waals surface area contributed by atoms with Crippen molar-refractivity contribution in [2.45, 2.75) is 90.6 Å². The maximum Gasteiger partial charge on any atom is 0.306 e. The number of rotatable bonds is 16. The van der Waals surface area contributed by atoms with Crippen LogP contribution >= 0.6 is 0 Å². The van der Waals surface area contributed by atoms with Gasteiger partial charge in [-0.2, -0.15) is 0 Å². The van der Waals surface area contributed by atoms with Crippen molar-refractivity contribution in [1.82, 2.24) is 0 Å². The van der Waals surface area contributed by atoms with Crippen LogP contribution in [0.1, 0.15) is 89.5 Å². The third-order valence-electron chi connectivity index (χ3n) is 4.59. The minimum Gasteiger partial charge on any atom is -0.466 e. The Morgan fingerprint density at radius 1 is 0.750 bits per heavy atom. The Kier molecular flexibility index (Phi) is 13.9. The topological polar surface area (TPSA) is 52.6 Å². The monoisotopic (exact) mass is 394 g/mol. The molecule has 0 radical (unpaired) electrons. The molecule has 0 atom stereocenters. The van der Waals surface area contributed by atoms with Crippen LogP contribution in [0.15, 0.2) is 24.3 Å². The van der Waals surface area contributed by atoms with Gasteiger partial charge in [0.25, 0.3) is 0 Å². The first kappa shape index (κ1) is 24.1. The van der Waals surface area contributed by atoms with E-state index < -0.39 is 0 Å². The Bertz CT molecular complexity index is 542. The van der Waals surface area contributed by atoms with Crippen molar-refractivity contribution in [2.75, 3.05) is 6.61 Å². The van der Waals surface area contributed by atoms with E-state index in [1.807, 2.05) is 0 Å². The summed E-state index contributed by atoms with van der Waals surface area (Å²) < 4.78 is 23.1. The lowest BCUT2D eigenvalue weighted by molar-refractivity contribution is -0.146. The Balaban J connectivity index is 1.91. The van der Waals surface area contributed by atoms with Crippen molar-refractivity contribution in [2.24, 2.45) is 0 Å². The molecule has 0 aromatic heterocycles. The molecule has 0 spiro atoms. The lowest BCUT2D eigenvalue weighted by atomic mass is 10.1. The average Bonchev–Trinajstić information content (AvgIpc) is 2.69. The summed E-state index contributed by atoms with van der Waals surface area (Å²) in [7, 11) is 0. The number of unbranched alkanes of at least 4 members (excludes halogenated alkanes) is 8. The van der Waals surface area contributed by atoms with Gasteiger partial charge in [-0.05, 0) is 30.5 Å². The van der Waals surface area contributed by atoms with Crippen molar-refractivity contribution in [3.8, 4) is 0 Å². The normalized spacial score (nSPS) is 10.6. The quantitative estimate of drug-likeness (QED) is 0.251. The molecule has 4 nitrogen and oxygen atoms in total. The molecule has 0 aliphatic carbocycles. The van der Waals surface area contributed by atoms with Crippen LogP contribution in [-0.4, -0.2) is 18.5 Å². The molecule has 0 saturated carbocycles. The number of carbonyl (C=O) groups is 2. The third kappa shape index (κ3) is 13.3. The number of hydrogen-bond acceptors (Lipinski definition) is 4. The lowest BCUT2D eigenvalue weighted by Gasteiger charge is -2.06. The standard InChI is InChI=1S/C23H35FO4/c1-2-3-4-5-6-7-8-9-10-18-27-22(25)12-11-13-23(26)28-19-20-14-16-21(24)17-15-20/h14-17H,2-13,18-19H2,1H3. The van der Waals surface area contributed by atoms with Crippen molar-refractivity contribution in [3.05, 3.63) is 35.6 Å². The molecule has 0 saturated heterocycles. The fourth-order valence-electron chi connectivity index (χ4n) is 2.86. The van der Waals surface area contributed by atoms with Crippen LogP contribution in [0.3, 0.4) is 0 Å². The van der Waals surface area contributed by atoms with E-state index in [9.17, 15) is 14.0 Å². The Labute approximate surface area is 168 Å². The highest BCUT2D eigenvalue weighted by molar-refractivity contribution is 5.72. The van der Waals surface area contributed by atoms with Crippen LogP contribution in [0.25, 0.3) is 0 Å². The van der Waals surface area contributed by atoms with Gasteiger partial charge in [0.05, 0.1) is 6.61 Å². The average molecular weight is 395 g/mol. The largest absolute Gasteiger partial charge is 0.466 e. The highest BCUT2D eigenvalue weighted by atomic mass is 19.1. The molecule has 0 N–H and O–H groups in total. The van der Waals surface area contributed by atoms with Gasteiger partial charge in [0.2, 0.25) is 0 Å². The van der Waals surface area contributed by atoms with E-state index in [4.69, 9.17) is 9.47 Å². The van der Waals surface area contributed by atoms with Gasteiger partial charge in [-0.25, -0.2) is 4.39 Å². The minimum atomic E-state index is -0.365. The SMILES string of the molecule is CCCCCCCCCCCOC(=O)CCCC(=O)OCc1ccc(F)cc1. The molecule has 1 aromatic rings. The number of hydrogen-bond donors (Lipinski definition) is 0. The van der Waals surface area contributed by atoms with Gasteiger partial charge in [0.1, 0.15) is 12.4 Å². The van der Waals surface area contributed by atoms with Gasteiger partial charge in [-0.1, -0.05) is 70.4 Å². The van der Waals surface area contributed by atoms with E-state index in [1.165, 1.54) is 57.1 Å². The van der Waals surface area contributed by atoms with Crippen molar-refractivity contribution in [1.29, 1.82) is 0 Å². The number of halogens is 1. The molecule has 0 bridgehead atoms. The number of benzene rings is 1. The molecule has 5 heteroatoms. The van der Waals surface area contributed by atoms with Crippen LogP contribution in [0.4, 0.5) is 4.39 Å². The minimum absolute atomic E-state index is 0.113. The molecule has 0 fully saturated rings. The fourth-order valence-corrected chi connectivity index (χ4v) is 2.86. The maximum absolute atomic E-state index is 12.8. The predicted octanol–water partition coefficient (Wildman–Crippen LogP) is 6.11. The van der Waals surface area contributed by atoms with Crippen LogP contribution in [0.2, 0.25) is 0 Å². The number of carbonyl (C=O) groups excluding carboxylic acids is 2. The highest BCUT2D eigenvalue weighted by Crippen LogP contribution is 2.10. The maximum atomic E-state index is 12.8. The van der Waals surface area contributed by atoms with E-state index in [0.29, 0.717) is 13.0 Å². The van der Waals surface area contributed by atoms with E-state index in [-0.39, 0.29) is 37.2 Å². The van der Waals surface area contributed by atoms with Gasteiger partial charge in [-0.15, -0.1) is 0 Å². The van der Waals surface area contributed by atoms with Crippen LogP contribution in [0, 0.1) is 5.82 Å². The van der Waals surface area contributed by atoms with Gasteiger partial charge in [0.15, 0.2) is 0 Å². The zero-order valence-electron chi connectivity index (χ0n) is 17.2. The van der Waals surface area contributed by atoms with Crippen molar-refractivity contribution in [3.63, 3.8) is 0 Å². The lowest BCUT2D eigenvalue weighted by Crippen LogP contribution is -2.09. The molecular formula is C23H35FO4. The molecule has 0 heterocycles. The second-order valence-corrected chi connectivity index (χ2v) is 7.19. The fraction of sp³-hybridized carbons (Fsp3) is 0.652. The predicted molar refractivity (Wildman–Crippen MR) is 108 cm³/mol. The van der Waals surface area contributed by atoms with E-state index in [0.717, 1.165) is 18.4 Å². The van der Waals surface area contributed by atoms with E-state index in [2.05, 4.69) is 6.92 Å². The van der Waals surface area contributed by atoms with Gasteiger partial charge in [0, 0.05) is 12.8 Å². The summed E-state index contributed by atoms with van der Waals surface area (Å²) in [6.45, 7) is 2.80. The summed E-state index contributed by atoms with van der Waals surface area (Å²) >= 11 is 0. The molecule has 28 heavy (non-hydrogen) atoms. The first-order valence-electron chi connectivity index (χ1n) is 10.7.